The molecule has 0 radical (unpaired) electrons. The highest BCUT2D eigenvalue weighted by Gasteiger charge is 2.36. The van der Waals surface area contributed by atoms with Crippen LogP contribution in [0.25, 0.3) is 0 Å². The summed E-state index contributed by atoms with van der Waals surface area (Å²) in [6.07, 6.45) is 4.52. The van der Waals surface area contributed by atoms with Gasteiger partial charge in [0.05, 0.1) is 6.61 Å². The van der Waals surface area contributed by atoms with Crippen LogP contribution in [0, 0.1) is 0 Å². The highest BCUT2D eigenvalue weighted by Crippen LogP contribution is 2.13. The van der Waals surface area contributed by atoms with E-state index in [-0.39, 0.29) is 6.61 Å². The summed E-state index contributed by atoms with van der Waals surface area (Å²) in [5, 5.41) is 7.98. The molecule has 0 spiro atoms. The molecule has 0 unspecified atom stereocenters. The van der Waals surface area contributed by atoms with Crippen molar-refractivity contribution < 1.29 is 18.4 Å². The van der Waals surface area contributed by atoms with Crippen LogP contribution >= 0.6 is 0 Å². The monoisotopic (exact) mass is 236 g/mol. The van der Waals surface area contributed by atoms with Crippen LogP contribution in [0.1, 0.15) is 20.3 Å². The lowest BCUT2D eigenvalue weighted by Crippen LogP contribution is -2.42. The van der Waals surface area contributed by atoms with Gasteiger partial charge in [0.1, 0.15) is 0 Å². The Morgan fingerprint density at radius 1 is 1.13 bits per heavy atom. The second kappa shape index (κ2) is 11.9. The van der Waals surface area contributed by atoms with Crippen molar-refractivity contribution in [2.75, 3.05) is 27.9 Å². The maximum Gasteiger partial charge on any atom is 0.500 e. The number of rotatable bonds is 6. The average molecular weight is 236 g/mol. The van der Waals surface area contributed by atoms with Gasteiger partial charge >= 0.3 is 8.80 Å². The number of aliphatic hydroxyl groups excluding tert-OH is 1. The van der Waals surface area contributed by atoms with Gasteiger partial charge in [-0.05, 0) is 6.92 Å². The molecule has 0 amide bonds. The third-order valence-corrected chi connectivity index (χ3v) is 4.81. The Bertz CT molecular complexity index is 138. The summed E-state index contributed by atoms with van der Waals surface area (Å²) >= 11 is 0. The summed E-state index contributed by atoms with van der Waals surface area (Å²) in [5.41, 5.74) is 0. The second-order valence-corrected chi connectivity index (χ2v) is 5.89. The minimum atomic E-state index is -2.22. The van der Waals surface area contributed by atoms with Gasteiger partial charge < -0.3 is 18.4 Å². The average Bonchev–Trinajstić information content (AvgIpc) is 2.28. The molecule has 4 nitrogen and oxygen atoms in total. The van der Waals surface area contributed by atoms with Crippen LogP contribution in [0.3, 0.4) is 0 Å². The fraction of sp³-hybridized carbons (Fsp3) is 0.800. The van der Waals surface area contributed by atoms with E-state index in [1.165, 1.54) is 0 Å². The van der Waals surface area contributed by atoms with Crippen LogP contribution in [0.5, 0.6) is 0 Å². The molecule has 0 aliphatic heterocycles. The SMILES string of the molecule is CC=CCO.CCC[Si](OC)(OC)OC. The van der Waals surface area contributed by atoms with Crippen molar-refractivity contribution in [1.29, 1.82) is 0 Å². The molecule has 0 heterocycles. The van der Waals surface area contributed by atoms with Crippen molar-refractivity contribution >= 4 is 8.80 Å². The summed E-state index contributed by atoms with van der Waals surface area (Å²) in [7, 11) is 2.68. The Morgan fingerprint density at radius 3 is 1.67 bits per heavy atom. The van der Waals surface area contributed by atoms with E-state index in [1.54, 1.807) is 33.5 Å². The van der Waals surface area contributed by atoms with Crippen molar-refractivity contribution in [2.24, 2.45) is 0 Å². The number of aliphatic hydroxyl groups is 1. The Labute approximate surface area is 94.2 Å². The van der Waals surface area contributed by atoms with Gasteiger partial charge in [-0.1, -0.05) is 25.5 Å². The number of allylic oxidation sites excluding steroid dienone is 1. The van der Waals surface area contributed by atoms with Crippen LogP contribution in [0.4, 0.5) is 0 Å². The molecule has 1 N–H and O–H groups in total. The Balaban J connectivity index is 0. The van der Waals surface area contributed by atoms with E-state index < -0.39 is 8.80 Å². The molecule has 5 heteroatoms. The van der Waals surface area contributed by atoms with Gasteiger partial charge in [-0.25, -0.2) is 0 Å². The number of hydrogen-bond acceptors (Lipinski definition) is 4. The molecule has 0 aliphatic carbocycles. The predicted octanol–water partition coefficient (Wildman–Crippen LogP) is 1.83. The molecule has 0 bridgehead atoms. The first-order valence-corrected chi connectivity index (χ1v) is 6.96. The lowest BCUT2D eigenvalue weighted by atomic mass is 10.6. The maximum atomic E-state index is 7.98. The van der Waals surface area contributed by atoms with E-state index in [0.29, 0.717) is 0 Å². The molecule has 0 aromatic carbocycles. The molecule has 15 heavy (non-hydrogen) atoms. The zero-order chi connectivity index (χ0) is 12.2. The van der Waals surface area contributed by atoms with E-state index in [4.69, 9.17) is 18.4 Å². The molecule has 0 rings (SSSR count). The largest absolute Gasteiger partial charge is 0.500 e. The van der Waals surface area contributed by atoms with Crippen LogP contribution in [-0.4, -0.2) is 41.8 Å². The van der Waals surface area contributed by atoms with Gasteiger partial charge in [0, 0.05) is 27.4 Å². The Hall–Kier alpha value is -0.203. The van der Waals surface area contributed by atoms with Gasteiger partial charge in [-0.3, -0.25) is 0 Å². The van der Waals surface area contributed by atoms with Gasteiger partial charge in [0.25, 0.3) is 0 Å². The minimum Gasteiger partial charge on any atom is -0.392 e. The zero-order valence-electron chi connectivity index (χ0n) is 10.4. The first kappa shape index (κ1) is 17.2. The van der Waals surface area contributed by atoms with Gasteiger partial charge in [0.2, 0.25) is 0 Å². The third-order valence-electron chi connectivity index (χ3n) is 1.83. The lowest BCUT2D eigenvalue weighted by molar-refractivity contribution is 0.123. The molecular formula is C10H24O4Si. The van der Waals surface area contributed by atoms with E-state index in [1.807, 2.05) is 6.92 Å². The molecule has 92 valence electrons. The minimum absolute atomic E-state index is 0.163. The molecule has 0 saturated heterocycles. The predicted molar refractivity (Wildman–Crippen MR) is 63.8 cm³/mol. The summed E-state index contributed by atoms with van der Waals surface area (Å²) in [6, 6.07) is 0.885. The van der Waals surface area contributed by atoms with Crippen LogP contribution in [0.15, 0.2) is 12.2 Å². The van der Waals surface area contributed by atoms with Crippen molar-refractivity contribution in [1.82, 2.24) is 0 Å². The van der Waals surface area contributed by atoms with Gasteiger partial charge in [-0.15, -0.1) is 0 Å². The quantitative estimate of drug-likeness (QED) is 0.564. The highest BCUT2D eigenvalue weighted by atomic mass is 28.4. The fourth-order valence-electron chi connectivity index (χ4n) is 0.968. The second-order valence-electron chi connectivity index (χ2n) is 2.80. The summed E-state index contributed by atoms with van der Waals surface area (Å²) in [5.74, 6) is 0. The van der Waals surface area contributed by atoms with E-state index in [0.717, 1.165) is 12.5 Å². The smallest absolute Gasteiger partial charge is 0.392 e. The molecule has 0 aliphatic rings. The molecule has 0 aromatic heterocycles. The van der Waals surface area contributed by atoms with Crippen molar-refractivity contribution in [2.45, 2.75) is 26.3 Å². The molecule has 0 fully saturated rings. The fourth-order valence-corrected chi connectivity index (χ4v) is 2.69. The molecule has 0 aromatic rings. The first-order valence-electron chi connectivity index (χ1n) is 5.03. The maximum absolute atomic E-state index is 7.98. The van der Waals surface area contributed by atoms with Crippen molar-refractivity contribution in [3.05, 3.63) is 12.2 Å². The van der Waals surface area contributed by atoms with E-state index in [9.17, 15) is 0 Å². The summed E-state index contributed by atoms with van der Waals surface area (Å²) in [4.78, 5) is 0. The van der Waals surface area contributed by atoms with E-state index >= 15 is 0 Å². The topological polar surface area (TPSA) is 47.9 Å². The molecular weight excluding hydrogens is 212 g/mol. The van der Waals surface area contributed by atoms with Crippen LogP contribution in [-0.2, 0) is 13.3 Å². The molecule has 0 saturated carbocycles. The Kier molecular flexibility index (Phi) is 13.6. The highest BCUT2D eigenvalue weighted by molar-refractivity contribution is 6.60. The van der Waals surface area contributed by atoms with E-state index in [2.05, 4.69) is 6.92 Å². The number of hydrogen-bond donors (Lipinski definition) is 1. The van der Waals surface area contributed by atoms with Gasteiger partial charge in [-0.2, -0.15) is 0 Å². The Morgan fingerprint density at radius 2 is 1.60 bits per heavy atom. The van der Waals surface area contributed by atoms with Crippen LogP contribution in [0.2, 0.25) is 6.04 Å². The zero-order valence-corrected chi connectivity index (χ0v) is 11.4. The van der Waals surface area contributed by atoms with Crippen molar-refractivity contribution in [3.8, 4) is 0 Å². The summed E-state index contributed by atoms with van der Waals surface area (Å²) in [6.45, 7) is 4.12. The summed E-state index contributed by atoms with van der Waals surface area (Å²) < 4.78 is 15.5. The third kappa shape index (κ3) is 8.77. The first-order chi connectivity index (χ1) is 7.16. The van der Waals surface area contributed by atoms with Crippen molar-refractivity contribution in [3.63, 3.8) is 0 Å². The lowest BCUT2D eigenvalue weighted by Gasteiger charge is -2.23. The van der Waals surface area contributed by atoms with Gasteiger partial charge in [0.15, 0.2) is 0 Å². The normalized spacial score (nSPS) is 11.3. The standard InChI is InChI=1S/C6H16O3Si.C4H8O/c1-5-6-10(7-2,8-3)9-4;1-2-3-4-5/h5-6H2,1-4H3;2-3,5H,4H2,1H3. The molecule has 0 atom stereocenters. The van der Waals surface area contributed by atoms with Crippen LogP contribution < -0.4 is 0 Å².